The number of nitrogens with zero attached hydrogens (tertiary/aromatic N) is 2. The topological polar surface area (TPSA) is 73.2 Å². The second-order valence-corrected chi connectivity index (χ2v) is 9.31. The molecule has 0 unspecified atom stereocenters. The molecule has 2 aromatic rings. The lowest BCUT2D eigenvalue weighted by molar-refractivity contribution is 0.185. The van der Waals surface area contributed by atoms with Gasteiger partial charge in [0.05, 0.1) is 21.2 Å². The Kier molecular flexibility index (Phi) is 6.61. The van der Waals surface area contributed by atoms with E-state index in [4.69, 9.17) is 16.9 Å². The van der Waals surface area contributed by atoms with Gasteiger partial charge in [-0.25, -0.2) is 8.42 Å². The van der Waals surface area contributed by atoms with Crippen LogP contribution in [0.2, 0.25) is 5.02 Å². The van der Waals surface area contributed by atoms with Crippen molar-refractivity contribution in [2.24, 2.45) is 0 Å². The summed E-state index contributed by atoms with van der Waals surface area (Å²) in [4.78, 5) is 2.34. The molecule has 28 heavy (non-hydrogen) atoms. The van der Waals surface area contributed by atoms with Crippen LogP contribution in [-0.2, 0) is 16.6 Å². The van der Waals surface area contributed by atoms with E-state index in [9.17, 15) is 8.42 Å². The highest BCUT2D eigenvalue weighted by Gasteiger charge is 2.21. The minimum atomic E-state index is -3.81. The lowest BCUT2D eigenvalue weighted by Crippen LogP contribution is -2.33. The molecule has 5 nitrogen and oxygen atoms in total. The first kappa shape index (κ1) is 20.7. The lowest BCUT2D eigenvalue weighted by atomic mass is 9.94. The SMILES string of the molecule is CN(Cc1ccccc1NS(=O)(=O)c1ccc(C#N)c(Cl)c1)C1CCCCC1. The van der Waals surface area contributed by atoms with Gasteiger partial charge in [-0.05, 0) is 49.7 Å². The second kappa shape index (κ2) is 8.95. The van der Waals surface area contributed by atoms with Crippen molar-refractivity contribution in [1.82, 2.24) is 4.90 Å². The highest BCUT2D eigenvalue weighted by molar-refractivity contribution is 7.92. The van der Waals surface area contributed by atoms with E-state index in [-0.39, 0.29) is 15.5 Å². The molecule has 0 heterocycles. The monoisotopic (exact) mass is 417 g/mol. The summed E-state index contributed by atoms with van der Waals surface area (Å²) in [6.45, 7) is 0.678. The number of benzene rings is 2. The molecule has 148 valence electrons. The number of nitriles is 1. The predicted octanol–water partition coefficient (Wildman–Crippen LogP) is 4.78. The van der Waals surface area contributed by atoms with Gasteiger partial charge < -0.3 is 0 Å². The molecule has 0 aromatic heterocycles. The van der Waals surface area contributed by atoms with Gasteiger partial charge in [0.1, 0.15) is 6.07 Å². The van der Waals surface area contributed by atoms with Crippen LogP contribution in [0.5, 0.6) is 0 Å². The van der Waals surface area contributed by atoms with Crippen LogP contribution in [0.1, 0.15) is 43.2 Å². The van der Waals surface area contributed by atoms with Gasteiger partial charge in [0.2, 0.25) is 0 Å². The molecule has 7 heteroatoms. The Morgan fingerprint density at radius 3 is 2.57 bits per heavy atom. The normalized spacial score (nSPS) is 15.4. The molecular formula is C21H24ClN3O2S. The molecule has 1 saturated carbocycles. The molecule has 1 fully saturated rings. The zero-order valence-corrected chi connectivity index (χ0v) is 17.4. The quantitative estimate of drug-likeness (QED) is 0.734. The number of para-hydroxylation sites is 1. The van der Waals surface area contributed by atoms with Crippen LogP contribution in [0.3, 0.4) is 0 Å². The summed E-state index contributed by atoms with van der Waals surface area (Å²) in [5.41, 5.74) is 1.74. The molecule has 0 aliphatic heterocycles. The number of anilines is 1. The molecule has 0 atom stereocenters. The van der Waals surface area contributed by atoms with Gasteiger partial charge in [-0.15, -0.1) is 0 Å². The van der Waals surface area contributed by atoms with Crippen LogP contribution in [0.4, 0.5) is 5.69 Å². The third-order valence-corrected chi connectivity index (χ3v) is 6.93. The average Bonchev–Trinajstić information content (AvgIpc) is 2.70. The van der Waals surface area contributed by atoms with Crippen molar-refractivity contribution in [2.75, 3.05) is 11.8 Å². The summed E-state index contributed by atoms with van der Waals surface area (Å²) in [7, 11) is -1.71. The van der Waals surface area contributed by atoms with E-state index in [0.717, 1.165) is 5.56 Å². The van der Waals surface area contributed by atoms with Crippen LogP contribution in [0.25, 0.3) is 0 Å². The third kappa shape index (κ3) is 4.85. The van der Waals surface area contributed by atoms with Gasteiger partial charge in [-0.1, -0.05) is 49.1 Å². The van der Waals surface area contributed by atoms with Gasteiger partial charge in [0, 0.05) is 12.6 Å². The fraction of sp³-hybridized carbons (Fsp3) is 0.381. The smallest absolute Gasteiger partial charge is 0.261 e. The van der Waals surface area contributed by atoms with Gasteiger partial charge >= 0.3 is 0 Å². The first-order valence-corrected chi connectivity index (χ1v) is 11.3. The highest BCUT2D eigenvalue weighted by Crippen LogP contribution is 2.27. The first-order chi connectivity index (χ1) is 13.4. The molecule has 0 radical (unpaired) electrons. The van der Waals surface area contributed by atoms with Crippen LogP contribution < -0.4 is 4.72 Å². The van der Waals surface area contributed by atoms with Gasteiger partial charge in [0.15, 0.2) is 0 Å². The molecule has 1 aliphatic carbocycles. The number of rotatable bonds is 6. The fourth-order valence-corrected chi connectivity index (χ4v) is 5.05. The van der Waals surface area contributed by atoms with Crippen LogP contribution in [0, 0.1) is 11.3 Å². The van der Waals surface area contributed by atoms with E-state index < -0.39 is 10.0 Å². The summed E-state index contributed by atoms with van der Waals surface area (Å²) in [5, 5.41) is 9.09. The molecular weight excluding hydrogens is 394 g/mol. The zero-order valence-electron chi connectivity index (χ0n) is 15.9. The lowest BCUT2D eigenvalue weighted by Gasteiger charge is -2.31. The molecule has 1 aliphatic rings. The van der Waals surface area contributed by atoms with E-state index in [0.29, 0.717) is 18.3 Å². The van der Waals surface area contributed by atoms with Gasteiger partial charge in [-0.2, -0.15) is 5.26 Å². The van der Waals surface area contributed by atoms with Crippen molar-refractivity contribution in [3.63, 3.8) is 0 Å². The Morgan fingerprint density at radius 1 is 1.18 bits per heavy atom. The van der Waals surface area contributed by atoms with Gasteiger partial charge in [-0.3, -0.25) is 9.62 Å². The summed E-state index contributed by atoms with van der Waals surface area (Å²) in [6.07, 6.45) is 6.18. The summed E-state index contributed by atoms with van der Waals surface area (Å²) < 4.78 is 28.3. The van der Waals surface area contributed by atoms with Gasteiger partial charge in [0.25, 0.3) is 10.0 Å². The van der Waals surface area contributed by atoms with E-state index in [1.54, 1.807) is 6.07 Å². The van der Waals surface area contributed by atoms with Crippen LogP contribution in [-0.4, -0.2) is 26.4 Å². The molecule has 0 amide bonds. The Bertz CT molecular complexity index is 979. The van der Waals surface area contributed by atoms with E-state index in [1.807, 2.05) is 24.3 Å². The maximum Gasteiger partial charge on any atom is 0.261 e. The second-order valence-electron chi connectivity index (χ2n) is 7.22. The minimum Gasteiger partial charge on any atom is -0.299 e. The molecule has 2 aromatic carbocycles. The van der Waals surface area contributed by atoms with E-state index in [2.05, 4.69) is 16.7 Å². The van der Waals surface area contributed by atoms with E-state index in [1.165, 1.54) is 50.3 Å². The van der Waals surface area contributed by atoms with Crippen molar-refractivity contribution in [2.45, 2.75) is 49.6 Å². The van der Waals surface area contributed by atoms with E-state index >= 15 is 0 Å². The molecule has 3 rings (SSSR count). The predicted molar refractivity (Wildman–Crippen MR) is 112 cm³/mol. The third-order valence-electron chi connectivity index (χ3n) is 5.25. The fourth-order valence-electron chi connectivity index (χ4n) is 3.63. The van der Waals surface area contributed by atoms with Crippen LogP contribution >= 0.6 is 11.6 Å². The Labute approximate surface area is 172 Å². The minimum absolute atomic E-state index is 0.0342. The standard InChI is InChI=1S/C21H24ClN3O2S/c1-25(18-8-3-2-4-9-18)15-17-7-5-6-10-21(17)24-28(26,27)19-12-11-16(14-23)20(22)13-19/h5-7,10-13,18,24H,2-4,8-9,15H2,1H3. The number of nitrogens with one attached hydrogen (secondary N) is 1. The van der Waals surface area contributed by atoms with Crippen molar-refractivity contribution in [1.29, 1.82) is 5.26 Å². The largest absolute Gasteiger partial charge is 0.299 e. The number of sulfonamides is 1. The summed E-state index contributed by atoms with van der Waals surface area (Å²) >= 11 is 6.00. The molecule has 0 spiro atoms. The number of hydrogen-bond acceptors (Lipinski definition) is 4. The molecule has 1 N–H and O–H groups in total. The maximum absolute atomic E-state index is 12.8. The number of hydrogen-bond donors (Lipinski definition) is 1. The maximum atomic E-state index is 12.8. The Morgan fingerprint density at radius 2 is 1.89 bits per heavy atom. The van der Waals surface area contributed by atoms with Crippen molar-refractivity contribution >= 4 is 27.3 Å². The van der Waals surface area contributed by atoms with Crippen molar-refractivity contribution in [3.05, 3.63) is 58.6 Å². The highest BCUT2D eigenvalue weighted by atomic mass is 35.5. The molecule has 0 bridgehead atoms. The van der Waals surface area contributed by atoms with Crippen molar-refractivity contribution < 1.29 is 8.42 Å². The molecule has 0 saturated heterocycles. The van der Waals surface area contributed by atoms with Crippen LogP contribution in [0.15, 0.2) is 47.4 Å². The average molecular weight is 418 g/mol. The first-order valence-electron chi connectivity index (χ1n) is 9.41. The van der Waals surface area contributed by atoms with Crippen molar-refractivity contribution in [3.8, 4) is 6.07 Å². The zero-order chi connectivity index (χ0) is 20.1. The summed E-state index contributed by atoms with van der Waals surface area (Å²) in [5.74, 6) is 0. The number of halogens is 1. The summed E-state index contributed by atoms with van der Waals surface area (Å²) in [6, 6.07) is 14.0. The Hall–Kier alpha value is -2.07. The Balaban J connectivity index is 1.80.